The minimum absolute atomic E-state index is 0.00147. The van der Waals surface area contributed by atoms with E-state index in [1.54, 1.807) is 7.11 Å². The van der Waals surface area contributed by atoms with Crippen LogP contribution in [-0.4, -0.2) is 50.1 Å². The molecule has 3 fully saturated rings. The second-order valence-corrected chi connectivity index (χ2v) is 7.75. The van der Waals surface area contributed by atoms with Gasteiger partial charge in [-0.1, -0.05) is 6.92 Å². The van der Waals surface area contributed by atoms with Gasteiger partial charge < -0.3 is 14.2 Å². The third kappa shape index (κ3) is 3.22. The summed E-state index contributed by atoms with van der Waals surface area (Å²) in [5.41, 5.74) is -0.418. The predicted molar refractivity (Wildman–Crippen MR) is 79.5 cm³/mol. The second-order valence-electron chi connectivity index (χ2n) is 7.75. The number of Topliss-reactive ketones (excluding diaryl/α,β-unsaturated/α-hetero) is 1. The van der Waals surface area contributed by atoms with Gasteiger partial charge in [-0.3, -0.25) is 4.79 Å². The highest BCUT2D eigenvalue weighted by molar-refractivity contribution is 5.87. The first kappa shape index (κ1) is 18.1. The highest BCUT2D eigenvalue weighted by atomic mass is 19.4. The van der Waals surface area contributed by atoms with Crippen LogP contribution in [-0.2, 0) is 19.0 Å². The SMILES string of the molecule is CO[C@@H]1C(=O)[C@H](C)CC2(CC2)[C@H]1[C@@]1(C)O[C@@H]1CCOCC(F)(F)F. The van der Waals surface area contributed by atoms with Gasteiger partial charge in [-0.2, -0.15) is 13.2 Å². The van der Waals surface area contributed by atoms with Gasteiger partial charge in [0.25, 0.3) is 0 Å². The van der Waals surface area contributed by atoms with E-state index < -0.39 is 24.5 Å². The Labute approximate surface area is 140 Å². The molecule has 2 aliphatic carbocycles. The van der Waals surface area contributed by atoms with Crippen LogP contribution in [0.25, 0.3) is 0 Å². The molecule has 1 aliphatic heterocycles. The summed E-state index contributed by atoms with van der Waals surface area (Å²) in [4.78, 5) is 12.5. The van der Waals surface area contributed by atoms with Gasteiger partial charge in [-0.05, 0) is 38.0 Å². The zero-order valence-electron chi connectivity index (χ0n) is 14.3. The van der Waals surface area contributed by atoms with Crippen molar-refractivity contribution in [2.24, 2.45) is 17.3 Å². The van der Waals surface area contributed by atoms with E-state index in [1.807, 2.05) is 13.8 Å². The van der Waals surface area contributed by atoms with Crippen molar-refractivity contribution in [1.29, 1.82) is 0 Å². The Kier molecular flexibility index (Phi) is 4.50. The van der Waals surface area contributed by atoms with Crippen LogP contribution in [0.4, 0.5) is 13.2 Å². The number of hydrogen-bond donors (Lipinski definition) is 0. The first-order valence-corrected chi connectivity index (χ1v) is 8.52. The van der Waals surface area contributed by atoms with Crippen molar-refractivity contribution in [3.8, 4) is 0 Å². The van der Waals surface area contributed by atoms with Crippen LogP contribution in [0.2, 0.25) is 0 Å². The minimum Gasteiger partial charge on any atom is -0.373 e. The van der Waals surface area contributed by atoms with Crippen LogP contribution in [0, 0.1) is 17.3 Å². The smallest absolute Gasteiger partial charge is 0.373 e. The van der Waals surface area contributed by atoms with E-state index in [2.05, 4.69) is 4.74 Å². The van der Waals surface area contributed by atoms with Gasteiger partial charge in [0.1, 0.15) is 12.7 Å². The monoisotopic (exact) mass is 350 g/mol. The fourth-order valence-electron chi connectivity index (χ4n) is 4.71. The number of rotatable bonds is 6. The van der Waals surface area contributed by atoms with E-state index in [4.69, 9.17) is 9.47 Å². The van der Waals surface area contributed by atoms with Crippen LogP contribution in [0.15, 0.2) is 0 Å². The molecule has 5 atom stereocenters. The maximum Gasteiger partial charge on any atom is 0.411 e. The zero-order chi connectivity index (χ0) is 17.8. The second kappa shape index (κ2) is 5.95. The van der Waals surface area contributed by atoms with Crippen molar-refractivity contribution in [1.82, 2.24) is 0 Å². The van der Waals surface area contributed by atoms with Crippen LogP contribution in [0.5, 0.6) is 0 Å². The maximum absolute atomic E-state index is 12.5. The molecule has 0 radical (unpaired) electrons. The average molecular weight is 350 g/mol. The molecule has 0 N–H and O–H groups in total. The van der Waals surface area contributed by atoms with E-state index >= 15 is 0 Å². The molecule has 1 saturated heterocycles. The van der Waals surface area contributed by atoms with Crippen molar-refractivity contribution in [2.45, 2.75) is 63.5 Å². The van der Waals surface area contributed by atoms with Crippen LogP contribution < -0.4 is 0 Å². The molecular weight excluding hydrogens is 325 g/mol. The lowest BCUT2D eigenvalue weighted by atomic mass is 9.64. The summed E-state index contributed by atoms with van der Waals surface area (Å²) >= 11 is 0. The van der Waals surface area contributed by atoms with Crippen LogP contribution >= 0.6 is 0 Å². The molecule has 1 spiro atoms. The summed E-state index contributed by atoms with van der Waals surface area (Å²) in [5, 5.41) is 0. The molecule has 0 amide bonds. The van der Waals surface area contributed by atoms with E-state index in [9.17, 15) is 18.0 Å². The third-order valence-corrected chi connectivity index (χ3v) is 5.97. The third-order valence-electron chi connectivity index (χ3n) is 5.97. The first-order valence-electron chi connectivity index (χ1n) is 8.52. The summed E-state index contributed by atoms with van der Waals surface area (Å²) in [7, 11) is 1.55. The molecule has 4 nitrogen and oxygen atoms in total. The summed E-state index contributed by atoms with van der Waals surface area (Å²) in [5.74, 6) is 0.0831. The van der Waals surface area contributed by atoms with Gasteiger partial charge in [-0.15, -0.1) is 0 Å². The Morgan fingerprint density at radius 2 is 2.00 bits per heavy atom. The lowest BCUT2D eigenvalue weighted by molar-refractivity contribution is -0.174. The molecule has 138 valence electrons. The summed E-state index contributed by atoms with van der Waals surface area (Å²) < 4.78 is 52.4. The topological polar surface area (TPSA) is 48.1 Å². The molecule has 7 heteroatoms. The van der Waals surface area contributed by atoms with Gasteiger partial charge >= 0.3 is 6.18 Å². The summed E-state index contributed by atoms with van der Waals surface area (Å²) in [6.45, 7) is 2.67. The number of alkyl halides is 3. The van der Waals surface area contributed by atoms with Crippen molar-refractivity contribution < 1.29 is 32.2 Å². The van der Waals surface area contributed by atoms with Gasteiger partial charge in [0.05, 0.1) is 11.7 Å². The molecule has 0 aromatic rings. The molecule has 3 rings (SSSR count). The van der Waals surface area contributed by atoms with Gasteiger partial charge in [0, 0.05) is 25.6 Å². The molecule has 0 unspecified atom stereocenters. The lowest BCUT2D eigenvalue weighted by Crippen LogP contribution is -2.52. The van der Waals surface area contributed by atoms with Crippen LogP contribution in [0.1, 0.15) is 39.5 Å². The Morgan fingerprint density at radius 3 is 2.54 bits per heavy atom. The Hall–Kier alpha value is -0.660. The normalized spacial score (nSPS) is 40.8. The van der Waals surface area contributed by atoms with Crippen molar-refractivity contribution in [3.05, 3.63) is 0 Å². The fraction of sp³-hybridized carbons (Fsp3) is 0.941. The van der Waals surface area contributed by atoms with Gasteiger partial charge in [0.2, 0.25) is 0 Å². The number of halogens is 3. The quantitative estimate of drug-likeness (QED) is 0.545. The van der Waals surface area contributed by atoms with Gasteiger partial charge in [0.15, 0.2) is 5.78 Å². The number of ether oxygens (including phenoxy) is 3. The Balaban J connectivity index is 1.62. The summed E-state index contributed by atoms with van der Waals surface area (Å²) in [6.07, 6.45) is -1.59. The Bertz CT molecular complexity index is 503. The molecule has 0 bridgehead atoms. The molecule has 24 heavy (non-hydrogen) atoms. The fourth-order valence-corrected chi connectivity index (χ4v) is 4.71. The molecule has 1 heterocycles. The molecule has 2 saturated carbocycles. The predicted octanol–water partition coefficient (Wildman–Crippen LogP) is 3.13. The molecular formula is C17H25F3O4. The highest BCUT2D eigenvalue weighted by Gasteiger charge is 2.71. The van der Waals surface area contributed by atoms with Gasteiger partial charge in [-0.25, -0.2) is 0 Å². The molecule has 0 aromatic carbocycles. The number of methoxy groups -OCH3 is 1. The van der Waals surface area contributed by atoms with Crippen molar-refractivity contribution in [2.75, 3.05) is 20.3 Å². The highest BCUT2D eigenvalue weighted by Crippen LogP contribution is 2.67. The lowest BCUT2D eigenvalue weighted by Gasteiger charge is -2.42. The standard InChI is InChI=1S/C17H25F3O4/c1-10-8-16(5-6-16)14(13(22-3)12(10)21)15(2)11(24-15)4-7-23-9-17(18,19)20/h10-11,13-14H,4-9H2,1-3H3/t10-,11-,13-,14-,15+/m1/s1. The van der Waals surface area contributed by atoms with E-state index in [0.717, 1.165) is 19.3 Å². The van der Waals surface area contributed by atoms with E-state index in [0.29, 0.717) is 6.42 Å². The first-order chi connectivity index (χ1) is 11.1. The zero-order valence-corrected chi connectivity index (χ0v) is 14.3. The number of hydrogen-bond acceptors (Lipinski definition) is 4. The average Bonchev–Trinajstić information content (AvgIpc) is 3.37. The largest absolute Gasteiger partial charge is 0.411 e. The summed E-state index contributed by atoms with van der Waals surface area (Å²) in [6, 6.07) is 0. The number of carbonyl (C=O) groups is 1. The molecule has 0 aromatic heterocycles. The van der Waals surface area contributed by atoms with E-state index in [-0.39, 0.29) is 35.7 Å². The van der Waals surface area contributed by atoms with Crippen molar-refractivity contribution in [3.63, 3.8) is 0 Å². The van der Waals surface area contributed by atoms with Crippen molar-refractivity contribution >= 4 is 5.78 Å². The van der Waals surface area contributed by atoms with Crippen LogP contribution in [0.3, 0.4) is 0 Å². The van der Waals surface area contributed by atoms with E-state index in [1.165, 1.54) is 0 Å². The maximum atomic E-state index is 12.5. The minimum atomic E-state index is -4.31. The molecule has 3 aliphatic rings. The number of ketones is 1. The number of carbonyl (C=O) groups excluding carboxylic acids is 1. The number of epoxide rings is 1. The Morgan fingerprint density at radius 1 is 1.33 bits per heavy atom.